The van der Waals surface area contributed by atoms with E-state index in [0.29, 0.717) is 11.6 Å². The molecule has 1 aromatic carbocycles. The number of nitrogens with two attached hydrogens (primary N) is 2. The summed E-state index contributed by atoms with van der Waals surface area (Å²) in [5.74, 6) is -0.551. The molecule has 3 aromatic rings. The number of hydrogen-bond donors (Lipinski definition) is 4. The summed E-state index contributed by atoms with van der Waals surface area (Å²) in [5.41, 5.74) is 14.1. The van der Waals surface area contributed by atoms with Gasteiger partial charge in [-0.3, -0.25) is 9.48 Å². The Bertz CT molecular complexity index is 1140. The van der Waals surface area contributed by atoms with Crippen LogP contribution in [0, 0.1) is 18.7 Å². The molecule has 1 aliphatic rings. The lowest BCUT2D eigenvalue weighted by Gasteiger charge is -2.24. The van der Waals surface area contributed by atoms with Crippen molar-refractivity contribution in [3.05, 3.63) is 41.3 Å². The summed E-state index contributed by atoms with van der Waals surface area (Å²) < 4.78 is 16.6. The molecule has 31 heavy (non-hydrogen) atoms. The van der Waals surface area contributed by atoms with Crippen molar-refractivity contribution in [1.82, 2.24) is 14.8 Å². The second kappa shape index (κ2) is 8.14. The van der Waals surface area contributed by atoms with Crippen LogP contribution in [0.1, 0.15) is 42.2 Å². The number of nitrogens with one attached hydrogen (secondary N) is 2. The summed E-state index contributed by atoms with van der Waals surface area (Å²) in [5, 5.41) is 11.6. The van der Waals surface area contributed by atoms with Gasteiger partial charge < -0.3 is 22.1 Å². The highest BCUT2D eigenvalue weighted by Crippen LogP contribution is 2.35. The third kappa shape index (κ3) is 4.46. The molecule has 2 aromatic heterocycles. The number of aromatic nitrogens is 3. The molecule has 0 saturated heterocycles. The number of benzene rings is 1. The number of anilines is 3. The Labute approximate surface area is 180 Å². The van der Waals surface area contributed by atoms with E-state index in [2.05, 4.69) is 20.7 Å². The van der Waals surface area contributed by atoms with Crippen molar-refractivity contribution >= 4 is 34.1 Å². The second-order valence-corrected chi connectivity index (χ2v) is 8.43. The van der Waals surface area contributed by atoms with Gasteiger partial charge in [-0.25, -0.2) is 9.37 Å². The van der Waals surface area contributed by atoms with Crippen molar-refractivity contribution < 1.29 is 9.18 Å². The number of carbonyl (C=O) groups is 1. The predicted octanol–water partition coefficient (Wildman–Crippen LogP) is 3.19. The maximum atomic E-state index is 14.8. The van der Waals surface area contributed by atoms with E-state index in [9.17, 15) is 9.18 Å². The molecule has 0 aliphatic heterocycles. The molecule has 0 radical (unpaired) electrons. The highest BCUT2D eigenvalue weighted by atomic mass is 19.1. The molecule has 0 spiro atoms. The summed E-state index contributed by atoms with van der Waals surface area (Å²) in [6.07, 6.45) is 3.20. The van der Waals surface area contributed by atoms with Gasteiger partial charge in [-0.1, -0.05) is 12.8 Å². The first kappa shape index (κ1) is 21.0. The Morgan fingerprint density at radius 3 is 2.71 bits per heavy atom. The van der Waals surface area contributed by atoms with Gasteiger partial charge in [0.15, 0.2) is 11.6 Å². The van der Waals surface area contributed by atoms with Crippen molar-refractivity contribution in [3.63, 3.8) is 0 Å². The number of carbonyl (C=O) groups excluding carboxylic acids is 1. The van der Waals surface area contributed by atoms with E-state index in [-0.39, 0.29) is 29.3 Å². The lowest BCUT2D eigenvalue weighted by molar-refractivity contribution is 0.100. The normalized spacial score (nSPS) is 15.6. The first-order valence-corrected chi connectivity index (χ1v) is 10.5. The van der Waals surface area contributed by atoms with E-state index in [1.807, 2.05) is 39.1 Å². The van der Waals surface area contributed by atoms with E-state index in [1.165, 1.54) is 12.8 Å². The van der Waals surface area contributed by atoms with Gasteiger partial charge in [-0.05, 0) is 50.5 Å². The van der Waals surface area contributed by atoms with E-state index in [0.717, 1.165) is 29.1 Å². The number of fused-ring (bicyclic) bond motifs is 1. The van der Waals surface area contributed by atoms with Gasteiger partial charge in [0.2, 0.25) is 0 Å². The number of pyridine rings is 1. The first-order chi connectivity index (χ1) is 14.7. The minimum atomic E-state index is -0.763. The molecule has 9 heteroatoms. The third-order valence-corrected chi connectivity index (χ3v) is 5.78. The summed E-state index contributed by atoms with van der Waals surface area (Å²) >= 11 is 0. The number of hydrogen-bond acceptors (Lipinski definition) is 6. The third-order valence-electron chi connectivity index (χ3n) is 5.78. The van der Waals surface area contributed by atoms with Crippen LogP contribution in [0.2, 0.25) is 0 Å². The van der Waals surface area contributed by atoms with Crippen LogP contribution in [-0.2, 0) is 7.05 Å². The minimum Gasteiger partial charge on any atom is -0.365 e. The lowest BCUT2D eigenvalue weighted by Crippen LogP contribution is -2.39. The van der Waals surface area contributed by atoms with Gasteiger partial charge >= 0.3 is 0 Å². The summed E-state index contributed by atoms with van der Waals surface area (Å²) in [6, 6.07) is 6.51. The molecule has 1 aliphatic carbocycles. The molecule has 4 rings (SSSR count). The number of primary amides is 1. The molecule has 2 heterocycles. The van der Waals surface area contributed by atoms with E-state index in [4.69, 9.17) is 11.5 Å². The molecule has 164 valence electrons. The highest BCUT2D eigenvalue weighted by molar-refractivity contribution is 5.99. The van der Waals surface area contributed by atoms with Crippen molar-refractivity contribution in [2.24, 2.45) is 24.4 Å². The first-order valence-electron chi connectivity index (χ1n) is 10.5. The van der Waals surface area contributed by atoms with Crippen molar-refractivity contribution in [2.45, 2.75) is 45.2 Å². The fourth-order valence-electron chi connectivity index (χ4n) is 3.82. The SMILES string of the molecule is Cc1nn(C)c2ccc(Nc3nc(N[C@H](CC4CC4)[C@H](C)N)c(F)cc3C(N)=O)cc12. The van der Waals surface area contributed by atoms with E-state index in [1.54, 1.807) is 4.68 Å². The van der Waals surface area contributed by atoms with Crippen LogP contribution in [0.5, 0.6) is 0 Å². The smallest absolute Gasteiger partial charge is 0.252 e. The Kier molecular flexibility index (Phi) is 5.53. The summed E-state index contributed by atoms with van der Waals surface area (Å²) in [7, 11) is 1.88. The molecule has 8 nitrogen and oxygen atoms in total. The van der Waals surface area contributed by atoms with Gasteiger partial charge in [0.25, 0.3) is 5.91 Å². The number of halogens is 1. The molecular formula is C22H28FN7O. The zero-order valence-electron chi connectivity index (χ0n) is 17.9. The molecule has 1 fully saturated rings. The van der Waals surface area contributed by atoms with Crippen LogP contribution in [0.4, 0.5) is 21.7 Å². The van der Waals surface area contributed by atoms with Gasteiger partial charge in [-0.2, -0.15) is 5.10 Å². The monoisotopic (exact) mass is 425 g/mol. The van der Waals surface area contributed by atoms with Gasteiger partial charge in [0, 0.05) is 30.2 Å². The highest BCUT2D eigenvalue weighted by Gasteiger charge is 2.28. The molecule has 1 amide bonds. The number of nitrogens with zero attached hydrogens (tertiary/aromatic N) is 3. The molecule has 2 atom stereocenters. The number of rotatable bonds is 8. The van der Waals surface area contributed by atoms with Crippen molar-refractivity contribution in [3.8, 4) is 0 Å². The predicted molar refractivity (Wildman–Crippen MR) is 120 cm³/mol. The van der Waals surface area contributed by atoms with Crippen LogP contribution < -0.4 is 22.1 Å². The Morgan fingerprint density at radius 2 is 2.06 bits per heavy atom. The van der Waals surface area contributed by atoms with Gasteiger partial charge in [0.05, 0.1) is 16.8 Å². The Hall–Kier alpha value is -3.20. The van der Waals surface area contributed by atoms with Gasteiger partial charge in [0.1, 0.15) is 5.82 Å². The van der Waals surface area contributed by atoms with Crippen LogP contribution in [0.25, 0.3) is 10.9 Å². The minimum absolute atomic E-state index is 0.0226. The largest absolute Gasteiger partial charge is 0.365 e. The van der Waals surface area contributed by atoms with Crippen LogP contribution >= 0.6 is 0 Å². The topological polar surface area (TPSA) is 124 Å². The van der Waals surface area contributed by atoms with E-state index >= 15 is 0 Å². The van der Waals surface area contributed by atoms with Gasteiger partial charge in [-0.15, -0.1) is 0 Å². The van der Waals surface area contributed by atoms with Crippen LogP contribution in [-0.4, -0.2) is 32.8 Å². The van der Waals surface area contributed by atoms with Crippen LogP contribution in [0.3, 0.4) is 0 Å². The molecule has 0 bridgehead atoms. The molecular weight excluding hydrogens is 397 g/mol. The maximum Gasteiger partial charge on any atom is 0.252 e. The average Bonchev–Trinajstić information content (AvgIpc) is 3.48. The number of amides is 1. The summed E-state index contributed by atoms with van der Waals surface area (Å²) in [6.45, 7) is 3.81. The van der Waals surface area contributed by atoms with Crippen LogP contribution in [0.15, 0.2) is 24.3 Å². The van der Waals surface area contributed by atoms with Crippen molar-refractivity contribution in [1.29, 1.82) is 0 Å². The zero-order valence-corrected chi connectivity index (χ0v) is 17.9. The molecule has 6 N–H and O–H groups in total. The fraction of sp³-hybridized carbons (Fsp3) is 0.409. The Balaban J connectivity index is 1.67. The summed E-state index contributed by atoms with van der Waals surface area (Å²) in [4.78, 5) is 16.3. The Morgan fingerprint density at radius 1 is 1.32 bits per heavy atom. The standard InChI is InChI=1S/C22H28FN7O/c1-11(24)18(8-13-4-5-13)27-22-17(23)10-16(20(25)31)21(28-22)26-14-6-7-19-15(9-14)12(2)29-30(19)3/h6-7,9-11,13,18H,4-5,8,24H2,1-3H3,(H2,25,31)(H2,26,27,28)/t11-,18+/m0/s1. The van der Waals surface area contributed by atoms with E-state index < -0.39 is 11.7 Å². The maximum absolute atomic E-state index is 14.8. The second-order valence-electron chi connectivity index (χ2n) is 8.43. The quantitative estimate of drug-likeness (QED) is 0.439. The fourth-order valence-corrected chi connectivity index (χ4v) is 3.82. The van der Waals surface area contributed by atoms with Crippen molar-refractivity contribution in [2.75, 3.05) is 10.6 Å². The number of aryl methyl sites for hydroxylation is 2. The zero-order chi connectivity index (χ0) is 22.3. The average molecular weight is 426 g/mol. The lowest BCUT2D eigenvalue weighted by atomic mass is 10.0. The molecule has 1 saturated carbocycles. The molecule has 0 unspecified atom stereocenters.